The van der Waals surface area contributed by atoms with Crippen LogP contribution in [0.2, 0.25) is 5.02 Å². The average Bonchev–Trinajstić information content (AvgIpc) is 2.97. The zero-order valence-electron chi connectivity index (χ0n) is 11.7. The van der Waals surface area contributed by atoms with Crippen molar-refractivity contribution in [1.29, 1.82) is 0 Å². The molecule has 0 bridgehead atoms. The molecule has 4 nitrogen and oxygen atoms in total. The molecule has 0 aliphatic heterocycles. The van der Waals surface area contributed by atoms with Crippen LogP contribution in [0, 0.1) is 6.92 Å². The molecular formula is C16H12ClN3OS. The zero-order chi connectivity index (χ0) is 15.7. The van der Waals surface area contributed by atoms with Crippen molar-refractivity contribution in [3.05, 3.63) is 58.2 Å². The number of amides is 1. The first-order valence-corrected chi connectivity index (χ1v) is 7.79. The number of carbonyl (C=O) groups is 1. The summed E-state index contributed by atoms with van der Waals surface area (Å²) < 4.78 is 0. The van der Waals surface area contributed by atoms with E-state index in [9.17, 15) is 4.79 Å². The number of hydrogen-bond donors (Lipinski definition) is 1. The van der Waals surface area contributed by atoms with E-state index in [0.29, 0.717) is 15.6 Å². The average molecular weight is 330 g/mol. The van der Waals surface area contributed by atoms with Crippen LogP contribution in [0.5, 0.6) is 0 Å². The highest BCUT2D eigenvalue weighted by molar-refractivity contribution is 7.13. The predicted octanol–water partition coefficient (Wildman–Crippen LogP) is 3.93. The SMILES string of the molecule is Cc1cnc(C(N)=O)c(-c2nc(-c3ccccc3Cl)cs2)c1. The van der Waals surface area contributed by atoms with Crippen LogP contribution in [0.1, 0.15) is 16.1 Å². The maximum atomic E-state index is 11.6. The molecule has 0 radical (unpaired) electrons. The number of halogens is 1. The summed E-state index contributed by atoms with van der Waals surface area (Å²) in [5, 5.41) is 3.24. The minimum atomic E-state index is -0.565. The first-order valence-electron chi connectivity index (χ1n) is 6.53. The van der Waals surface area contributed by atoms with Gasteiger partial charge in [-0.05, 0) is 24.6 Å². The van der Waals surface area contributed by atoms with Gasteiger partial charge in [0.15, 0.2) is 0 Å². The second-order valence-corrected chi connectivity index (χ2v) is 6.06. The van der Waals surface area contributed by atoms with Gasteiger partial charge < -0.3 is 5.73 Å². The summed E-state index contributed by atoms with van der Waals surface area (Å²) in [6.07, 6.45) is 1.62. The van der Waals surface area contributed by atoms with Gasteiger partial charge in [0, 0.05) is 27.7 Å². The quantitative estimate of drug-likeness (QED) is 0.791. The van der Waals surface area contributed by atoms with Gasteiger partial charge in [0.1, 0.15) is 10.7 Å². The third kappa shape index (κ3) is 2.73. The monoisotopic (exact) mass is 329 g/mol. The molecule has 0 unspecified atom stereocenters. The number of carbonyl (C=O) groups excluding carboxylic acids is 1. The van der Waals surface area contributed by atoms with Crippen molar-refractivity contribution in [1.82, 2.24) is 9.97 Å². The highest BCUT2D eigenvalue weighted by Gasteiger charge is 2.16. The number of thiazole rings is 1. The summed E-state index contributed by atoms with van der Waals surface area (Å²) >= 11 is 7.63. The number of hydrogen-bond acceptors (Lipinski definition) is 4. The molecular weight excluding hydrogens is 318 g/mol. The third-order valence-electron chi connectivity index (χ3n) is 3.14. The largest absolute Gasteiger partial charge is 0.364 e. The Hall–Kier alpha value is -2.24. The topological polar surface area (TPSA) is 68.9 Å². The van der Waals surface area contributed by atoms with Gasteiger partial charge in [0.05, 0.1) is 5.69 Å². The molecule has 3 aromatic rings. The van der Waals surface area contributed by atoms with E-state index in [1.165, 1.54) is 11.3 Å². The van der Waals surface area contributed by atoms with E-state index in [4.69, 9.17) is 17.3 Å². The molecule has 2 N–H and O–H groups in total. The Kier molecular flexibility index (Phi) is 3.92. The molecule has 0 fully saturated rings. The van der Waals surface area contributed by atoms with E-state index in [0.717, 1.165) is 16.8 Å². The van der Waals surface area contributed by atoms with Gasteiger partial charge in [-0.2, -0.15) is 0 Å². The number of aryl methyl sites for hydroxylation is 1. The smallest absolute Gasteiger partial charge is 0.268 e. The molecule has 0 spiro atoms. The summed E-state index contributed by atoms with van der Waals surface area (Å²) in [5.74, 6) is -0.565. The Balaban J connectivity index is 2.11. The third-order valence-corrected chi connectivity index (χ3v) is 4.35. The van der Waals surface area contributed by atoms with Crippen molar-refractivity contribution in [2.24, 2.45) is 5.73 Å². The van der Waals surface area contributed by atoms with Gasteiger partial charge in [-0.3, -0.25) is 9.78 Å². The van der Waals surface area contributed by atoms with Gasteiger partial charge in [-0.1, -0.05) is 29.8 Å². The number of nitrogens with zero attached hydrogens (tertiary/aromatic N) is 2. The fraction of sp³-hybridized carbons (Fsp3) is 0.0625. The molecule has 3 rings (SSSR count). The molecule has 22 heavy (non-hydrogen) atoms. The summed E-state index contributed by atoms with van der Waals surface area (Å²) in [4.78, 5) is 20.3. The Morgan fingerprint density at radius 2 is 2.05 bits per heavy atom. The van der Waals surface area contributed by atoms with Crippen LogP contribution in [0.15, 0.2) is 41.9 Å². The van der Waals surface area contributed by atoms with E-state index in [1.54, 1.807) is 6.20 Å². The predicted molar refractivity (Wildman–Crippen MR) is 89.0 cm³/mol. The molecule has 0 atom stereocenters. The van der Waals surface area contributed by atoms with Gasteiger partial charge >= 0.3 is 0 Å². The summed E-state index contributed by atoms with van der Waals surface area (Å²) in [5.41, 5.74) is 8.83. The Labute approximate surface area is 136 Å². The van der Waals surface area contributed by atoms with Crippen molar-refractivity contribution in [3.8, 4) is 21.8 Å². The Morgan fingerprint density at radius 3 is 2.77 bits per heavy atom. The van der Waals surface area contributed by atoms with E-state index >= 15 is 0 Å². The molecule has 0 saturated carbocycles. The van der Waals surface area contributed by atoms with Gasteiger partial charge in [0.25, 0.3) is 5.91 Å². The lowest BCUT2D eigenvalue weighted by molar-refractivity contribution is 0.0996. The molecule has 6 heteroatoms. The van der Waals surface area contributed by atoms with Crippen molar-refractivity contribution in [2.45, 2.75) is 6.92 Å². The highest BCUT2D eigenvalue weighted by Crippen LogP contribution is 2.33. The molecule has 1 aromatic carbocycles. The van der Waals surface area contributed by atoms with Gasteiger partial charge in [-0.25, -0.2) is 4.98 Å². The standard InChI is InChI=1S/C16H12ClN3OS/c1-9-6-11(14(15(18)21)19-7-9)16-20-13(8-22-16)10-4-2-3-5-12(10)17/h2-8H,1H3,(H2,18,21). The summed E-state index contributed by atoms with van der Waals surface area (Å²) in [6.45, 7) is 1.91. The number of primary amides is 1. The number of aromatic nitrogens is 2. The van der Waals surface area contributed by atoms with Crippen LogP contribution in [0.3, 0.4) is 0 Å². The summed E-state index contributed by atoms with van der Waals surface area (Å²) in [7, 11) is 0. The van der Waals surface area contributed by atoms with E-state index in [2.05, 4.69) is 9.97 Å². The van der Waals surface area contributed by atoms with E-state index in [1.807, 2.05) is 42.6 Å². The Morgan fingerprint density at radius 1 is 1.27 bits per heavy atom. The molecule has 110 valence electrons. The normalized spacial score (nSPS) is 10.6. The lowest BCUT2D eigenvalue weighted by atomic mass is 10.1. The van der Waals surface area contributed by atoms with Crippen LogP contribution in [-0.4, -0.2) is 15.9 Å². The maximum absolute atomic E-state index is 11.6. The fourth-order valence-electron chi connectivity index (χ4n) is 2.12. The molecule has 2 heterocycles. The van der Waals surface area contributed by atoms with Gasteiger partial charge in [0.2, 0.25) is 0 Å². The minimum absolute atomic E-state index is 0.227. The molecule has 2 aromatic heterocycles. The molecule has 0 aliphatic carbocycles. The van der Waals surface area contributed by atoms with E-state index in [-0.39, 0.29) is 5.69 Å². The fourth-order valence-corrected chi connectivity index (χ4v) is 3.19. The second-order valence-electron chi connectivity index (χ2n) is 4.79. The van der Waals surface area contributed by atoms with Crippen LogP contribution in [0.25, 0.3) is 21.8 Å². The lowest BCUT2D eigenvalue weighted by Gasteiger charge is -2.04. The number of benzene rings is 1. The minimum Gasteiger partial charge on any atom is -0.364 e. The van der Waals surface area contributed by atoms with Crippen LogP contribution >= 0.6 is 22.9 Å². The lowest BCUT2D eigenvalue weighted by Crippen LogP contribution is -2.14. The first kappa shape index (κ1) is 14.7. The number of pyridine rings is 1. The second kappa shape index (κ2) is 5.87. The first-order chi connectivity index (χ1) is 10.6. The van der Waals surface area contributed by atoms with Crippen LogP contribution in [-0.2, 0) is 0 Å². The Bertz CT molecular complexity index is 860. The van der Waals surface area contributed by atoms with Gasteiger partial charge in [-0.15, -0.1) is 11.3 Å². The molecule has 0 aliphatic rings. The highest BCUT2D eigenvalue weighted by atomic mass is 35.5. The van der Waals surface area contributed by atoms with Crippen LogP contribution < -0.4 is 5.73 Å². The van der Waals surface area contributed by atoms with Crippen molar-refractivity contribution < 1.29 is 4.79 Å². The molecule has 0 saturated heterocycles. The van der Waals surface area contributed by atoms with Crippen molar-refractivity contribution >= 4 is 28.8 Å². The van der Waals surface area contributed by atoms with Crippen LogP contribution in [0.4, 0.5) is 0 Å². The van der Waals surface area contributed by atoms with E-state index < -0.39 is 5.91 Å². The number of rotatable bonds is 3. The zero-order valence-corrected chi connectivity index (χ0v) is 13.3. The van der Waals surface area contributed by atoms with Crippen molar-refractivity contribution in [2.75, 3.05) is 0 Å². The number of nitrogens with two attached hydrogens (primary N) is 1. The summed E-state index contributed by atoms with van der Waals surface area (Å²) in [6, 6.07) is 9.37. The van der Waals surface area contributed by atoms with Crippen molar-refractivity contribution in [3.63, 3.8) is 0 Å². The maximum Gasteiger partial charge on any atom is 0.268 e. The molecule has 1 amide bonds.